The molecule has 7 heteroatoms. The minimum absolute atomic E-state index is 0.133. The number of anilines is 2. The number of amides is 2. The number of fused-ring (bicyclic) bond motifs is 1. The van der Waals surface area contributed by atoms with Crippen molar-refractivity contribution in [2.75, 3.05) is 31.0 Å². The molecule has 1 aliphatic heterocycles. The number of nitrogens with zero attached hydrogens (tertiary/aromatic N) is 1. The fourth-order valence-electron chi connectivity index (χ4n) is 2.70. The Balaban J connectivity index is 1.91. The van der Waals surface area contributed by atoms with E-state index in [1.165, 1.54) is 0 Å². The van der Waals surface area contributed by atoms with Crippen LogP contribution in [0.1, 0.15) is 6.92 Å². The molecule has 1 heterocycles. The first-order valence-electron chi connectivity index (χ1n) is 7.78. The molecule has 0 aliphatic carbocycles. The standard InChI is InChI=1S/C18H19ClN2O4/c1-11-10-21(15-8-12(19)4-6-17(15)25-11)18(22)20-14-9-13(23-2)5-7-16(14)24-3/h4-9,11H,10H2,1-3H3,(H,20,22). The molecule has 3 rings (SSSR count). The number of carbonyl (C=O) groups is 1. The molecule has 132 valence electrons. The Hall–Kier alpha value is -2.60. The number of rotatable bonds is 3. The predicted octanol–water partition coefficient (Wildman–Crippen LogP) is 4.18. The highest BCUT2D eigenvalue weighted by atomic mass is 35.5. The number of nitrogens with one attached hydrogen (secondary N) is 1. The third-order valence-corrected chi connectivity index (χ3v) is 4.11. The monoisotopic (exact) mass is 362 g/mol. The fourth-order valence-corrected chi connectivity index (χ4v) is 2.86. The summed E-state index contributed by atoms with van der Waals surface area (Å²) >= 11 is 6.08. The fraction of sp³-hybridized carbons (Fsp3) is 0.278. The Labute approximate surface area is 151 Å². The molecule has 0 radical (unpaired) electrons. The van der Waals surface area contributed by atoms with Gasteiger partial charge in [0.15, 0.2) is 0 Å². The first kappa shape index (κ1) is 17.2. The Morgan fingerprint density at radius 1 is 1.24 bits per heavy atom. The molecule has 0 bridgehead atoms. The number of methoxy groups -OCH3 is 2. The van der Waals surface area contributed by atoms with Gasteiger partial charge in [-0.15, -0.1) is 0 Å². The van der Waals surface area contributed by atoms with E-state index in [0.29, 0.717) is 40.2 Å². The molecule has 25 heavy (non-hydrogen) atoms. The number of urea groups is 1. The van der Waals surface area contributed by atoms with Crippen molar-refractivity contribution >= 4 is 29.0 Å². The summed E-state index contributed by atoms with van der Waals surface area (Å²) < 4.78 is 16.3. The molecule has 2 aromatic carbocycles. The van der Waals surface area contributed by atoms with Crippen LogP contribution in [-0.4, -0.2) is 32.9 Å². The van der Waals surface area contributed by atoms with Crippen LogP contribution < -0.4 is 24.4 Å². The number of ether oxygens (including phenoxy) is 3. The lowest BCUT2D eigenvalue weighted by molar-refractivity contribution is 0.208. The zero-order valence-corrected chi connectivity index (χ0v) is 15.0. The van der Waals surface area contributed by atoms with E-state index in [2.05, 4.69) is 5.32 Å². The van der Waals surface area contributed by atoms with Crippen LogP contribution in [0.25, 0.3) is 0 Å². The zero-order chi connectivity index (χ0) is 18.0. The zero-order valence-electron chi connectivity index (χ0n) is 14.2. The van der Waals surface area contributed by atoms with Crippen LogP contribution in [0.3, 0.4) is 0 Å². The quantitative estimate of drug-likeness (QED) is 0.889. The van der Waals surface area contributed by atoms with Crippen LogP contribution in [0.4, 0.5) is 16.2 Å². The molecule has 0 saturated heterocycles. The minimum atomic E-state index is -0.301. The average molecular weight is 363 g/mol. The van der Waals surface area contributed by atoms with Crippen LogP contribution in [0, 0.1) is 0 Å². The second kappa shape index (κ2) is 7.11. The maximum absolute atomic E-state index is 12.9. The molecular formula is C18H19ClN2O4. The molecule has 0 spiro atoms. The highest BCUT2D eigenvalue weighted by Gasteiger charge is 2.28. The molecular weight excluding hydrogens is 344 g/mol. The summed E-state index contributed by atoms with van der Waals surface area (Å²) in [4.78, 5) is 14.5. The highest BCUT2D eigenvalue weighted by molar-refractivity contribution is 6.31. The highest BCUT2D eigenvalue weighted by Crippen LogP contribution is 2.36. The van der Waals surface area contributed by atoms with Gasteiger partial charge in [-0.3, -0.25) is 4.90 Å². The maximum atomic E-state index is 12.9. The van der Waals surface area contributed by atoms with Gasteiger partial charge in [0.2, 0.25) is 0 Å². The molecule has 0 aromatic heterocycles. The Bertz CT molecular complexity index is 797. The van der Waals surface area contributed by atoms with Crippen molar-refractivity contribution in [3.8, 4) is 17.2 Å². The van der Waals surface area contributed by atoms with Gasteiger partial charge in [0.1, 0.15) is 23.4 Å². The molecule has 0 saturated carbocycles. The largest absolute Gasteiger partial charge is 0.497 e. The molecule has 6 nitrogen and oxygen atoms in total. The van der Waals surface area contributed by atoms with Gasteiger partial charge >= 0.3 is 6.03 Å². The van der Waals surface area contributed by atoms with Crippen molar-refractivity contribution in [2.45, 2.75) is 13.0 Å². The van der Waals surface area contributed by atoms with Gasteiger partial charge < -0.3 is 19.5 Å². The summed E-state index contributed by atoms with van der Waals surface area (Å²) in [6.45, 7) is 2.31. The number of halogens is 1. The summed E-state index contributed by atoms with van der Waals surface area (Å²) in [7, 11) is 3.11. The minimum Gasteiger partial charge on any atom is -0.497 e. The number of carbonyl (C=O) groups excluding carboxylic acids is 1. The lowest BCUT2D eigenvalue weighted by atomic mass is 10.2. The van der Waals surface area contributed by atoms with Gasteiger partial charge in [-0.1, -0.05) is 11.6 Å². The summed E-state index contributed by atoms with van der Waals surface area (Å²) in [5.74, 6) is 1.78. The molecule has 1 unspecified atom stereocenters. The van der Waals surface area contributed by atoms with Crippen molar-refractivity contribution in [2.24, 2.45) is 0 Å². The van der Waals surface area contributed by atoms with Gasteiger partial charge in [0, 0.05) is 11.1 Å². The Morgan fingerprint density at radius 2 is 2.04 bits per heavy atom. The molecule has 2 amide bonds. The molecule has 0 fully saturated rings. The van der Waals surface area contributed by atoms with Crippen molar-refractivity contribution in [1.82, 2.24) is 0 Å². The molecule has 2 aromatic rings. The molecule has 1 aliphatic rings. The number of hydrogen-bond donors (Lipinski definition) is 1. The Kier molecular flexibility index (Phi) is 4.90. The van der Waals surface area contributed by atoms with Crippen molar-refractivity contribution in [3.05, 3.63) is 41.4 Å². The van der Waals surface area contributed by atoms with Crippen molar-refractivity contribution in [1.29, 1.82) is 0 Å². The summed E-state index contributed by atoms with van der Waals surface area (Å²) in [5, 5.41) is 3.41. The van der Waals surface area contributed by atoms with Crippen LogP contribution in [0.2, 0.25) is 5.02 Å². The summed E-state index contributed by atoms with van der Waals surface area (Å²) in [6.07, 6.45) is -0.133. The summed E-state index contributed by atoms with van der Waals surface area (Å²) in [5.41, 5.74) is 1.15. The van der Waals surface area contributed by atoms with E-state index in [1.54, 1.807) is 55.5 Å². The average Bonchev–Trinajstić information content (AvgIpc) is 2.61. The van der Waals surface area contributed by atoms with Crippen LogP contribution >= 0.6 is 11.6 Å². The van der Waals surface area contributed by atoms with E-state index in [-0.39, 0.29) is 12.1 Å². The van der Waals surface area contributed by atoms with E-state index in [9.17, 15) is 4.79 Å². The van der Waals surface area contributed by atoms with Crippen LogP contribution in [0.5, 0.6) is 17.2 Å². The molecule has 1 atom stereocenters. The van der Waals surface area contributed by atoms with E-state index in [4.69, 9.17) is 25.8 Å². The second-order valence-corrected chi connectivity index (χ2v) is 6.08. The predicted molar refractivity (Wildman–Crippen MR) is 97.5 cm³/mol. The summed E-state index contributed by atoms with van der Waals surface area (Å²) in [6, 6.07) is 10.1. The number of benzene rings is 2. The lowest BCUT2D eigenvalue weighted by Crippen LogP contribution is -2.44. The van der Waals surface area contributed by atoms with E-state index < -0.39 is 0 Å². The third kappa shape index (κ3) is 3.58. The van der Waals surface area contributed by atoms with Gasteiger partial charge in [-0.2, -0.15) is 0 Å². The lowest BCUT2D eigenvalue weighted by Gasteiger charge is -2.33. The second-order valence-electron chi connectivity index (χ2n) is 5.65. The Morgan fingerprint density at radius 3 is 2.76 bits per heavy atom. The van der Waals surface area contributed by atoms with Gasteiger partial charge in [-0.25, -0.2) is 4.79 Å². The van der Waals surface area contributed by atoms with E-state index in [1.807, 2.05) is 6.92 Å². The third-order valence-electron chi connectivity index (χ3n) is 3.87. The number of hydrogen-bond acceptors (Lipinski definition) is 4. The van der Waals surface area contributed by atoms with Crippen molar-refractivity contribution < 1.29 is 19.0 Å². The van der Waals surface area contributed by atoms with Crippen LogP contribution in [-0.2, 0) is 0 Å². The molecule has 1 N–H and O–H groups in total. The van der Waals surface area contributed by atoms with E-state index >= 15 is 0 Å². The van der Waals surface area contributed by atoms with Gasteiger partial charge in [-0.05, 0) is 37.3 Å². The topological polar surface area (TPSA) is 60.0 Å². The van der Waals surface area contributed by atoms with Crippen LogP contribution in [0.15, 0.2) is 36.4 Å². The normalized spacial score (nSPS) is 15.8. The smallest absolute Gasteiger partial charge is 0.326 e. The maximum Gasteiger partial charge on any atom is 0.326 e. The SMILES string of the molecule is COc1ccc(OC)c(NC(=O)N2CC(C)Oc3ccc(Cl)cc32)c1. The first-order chi connectivity index (χ1) is 12.0. The van der Waals surface area contributed by atoms with Gasteiger partial charge in [0.25, 0.3) is 0 Å². The van der Waals surface area contributed by atoms with E-state index in [0.717, 1.165) is 0 Å². The van der Waals surface area contributed by atoms with Gasteiger partial charge in [0.05, 0.1) is 32.1 Å². The van der Waals surface area contributed by atoms with Crippen molar-refractivity contribution in [3.63, 3.8) is 0 Å². The first-order valence-corrected chi connectivity index (χ1v) is 8.16.